The number of nitrogens with zero attached hydrogens (tertiary/aromatic N) is 1. The molecule has 26 heavy (non-hydrogen) atoms. The largest absolute Gasteiger partial charge is 0.396 e. The lowest BCUT2D eigenvalue weighted by Gasteiger charge is -2.24. The summed E-state index contributed by atoms with van der Waals surface area (Å²) < 4.78 is 0. The van der Waals surface area contributed by atoms with Crippen LogP contribution in [-0.2, 0) is 6.42 Å². The first-order valence-electron chi connectivity index (χ1n) is 9.21. The van der Waals surface area contributed by atoms with E-state index < -0.39 is 4.92 Å². The monoisotopic (exact) mass is 353 g/mol. The molecule has 138 valence electrons. The van der Waals surface area contributed by atoms with E-state index in [2.05, 4.69) is 31.2 Å². The smallest absolute Gasteiger partial charge is 0.269 e. The first-order chi connectivity index (χ1) is 12.7. The van der Waals surface area contributed by atoms with Gasteiger partial charge in [0.15, 0.2) is 0 Å². The van der Waals surface area contributed by atoms with Crippen LogP contribution in [0.3, 0.4) is 0 Å². The summed E-state index contributed by atoms with van der Waals surface area (Å²) in [5.74, 6) is 0.144. The minimum absolute atomic E-state index is 0.0248. The molecule has 0 aliphatic carbocycles. The molecule has 0 aromatic heterocycles. The molecule has 0 saturated carbocycles. The van der Waals surface area contributed by atoms with Gasteiger partial charge in [0.05, 0.1) is 4.92 Å². The Morgan fingerprint density at radius 2 is 1.81 bits per heavy atom. The Kier molecular flexibility index (Phi) is 8.03. The molecule has 0 heterocycles. The van der Waals surface area contributed by atoms with Crippen LogP contribution < -0.4 is 0 Å². The third-order valence-electron chi connectivity index (χ3n) is 4.64. The minimum atomic E-state index is -0.392. The van der Waals surface area contributed by atoms with Crippen molar-refractivity contribution in [3.8, 4) is 0 Å². The van der Waals surface area contributed by atoms with E-state index in [-0.39, 0.29) is 24.1 Å². The number of non-ortho nitro benzene ring substituents is 1. The summed E-state index contributed by atoms with van der Waals surface area (Å²) >= 11 is 0. The zero-order chi connectivity index (χ0) is 18.8. The summed E-state index contributed by atoms with van der Waals surface area (Å²) in [7, 11) is 0. The molecule has 0 aliphatic heterocycles. The van der Waals surface area contributed by atoms with Crippen LogP contribution >= 0.6 is 0 Å². The number of aliphatic hydroxyl groups is 1. The number of unbranched alkanes of at least 4 members (excludes halogenated alkanes) is 2. The number of rotatable bonds is 10. The van der Waals surface area contributed by atoms with Crippen molar-refractivity contribution in [3.63, 3.8) is 0 Å². The van der Waals surface area contributed by atoms with Gasteiger partial charge in [-0.1, -0.05) is 74.4 Å². The number of allylic oxidation sites excluding steroid dienone is 2. The van der Waals surface area contributed by atoms with Gasteiger partial charge >= 0.3 is 0 Å². The average Bonchev–Trinajstić information content (AvgIpc) is 2.67. The van der Waals surface area contributed by atoms with E-state index in [0.29, 0.717) is 6.42 Å². The van der Waals surface area contributed by atoms with Gasteiger partial charge in [-0.15, -0.1) is 0 Å². The van der Waals surface area contributed by atoms with Crippen LogP contribution in [0.25, 0.3) is 0 Å². The molecule has 2 aromatic rings. The summed E-state index contributed by atoms with van der Waals surface area (Å²) in [6.45, 7) is 2.24. The molecule has 0 fully saturated rings. The van der Waals surface area contributed by atoms with Gasteiger partial charge in [0.2, 0.25) is 0 Å². The molecule has 2 aromatic carbocycles. The molecular formula is C22H27NO3. The zero-order valence-electron chi connectivity index (χ0n) is 15.3. The maximum Gasteiger partial charge on any atom is 0.269 e. The molecule has 0 saturated heterocycles. The van der Waals surface area contributed by atoms with Crippen LogP contribution in [0.2, 0.25) is 0 Å². The lowest BCUT2D eigenvalue weighted by atomic mass is 9.82. The van der Waals surface area contributed by atoms with Gasteiger partial charge in [-0.05, 0) is 29.9 Å². The summed E-state index contributed by atoms with van der Waals surface area (Å²) in [4.78, 5) is 10.4. The fraction of sp³-hybridized carbons (Fsp3) is 0.364. The van der Waals surface area contributed by atoms with Crippen molar-refractivity contribution < 1.29 is 10.0 Å². The molecule has 4 nitrogen and oxygen atoms in total. The molecule has 0 radical (unpaired) electrons. The highest BCUT2D eigenvalue weighted by atomic mass is 16.6. The highest BCUT2D eigenvalue weighted by Crippen LogP contribution is 2.29. The summed E-state index contributed by atoms with van der Waals surface area (Å²) in [5, 5.41) is 20.8. The maximum atomic E-state index is 10.8. The van der Waals surface area contributed by atoms with Gasteiger partial charge in [0.25, 0.3) is 5.69 Å². The fourth-order valence-corrected chi connectivity index (χ4v) is 3.14. The standard InChI is InChI=1S/C22H27NO3/c1-2-3-4-8-11-22(19-9-6-5-7-10-19)20(17-24)16-18-12-14-21(15-13-18)23(25)26/h5-15,20,22,24H,2-4,16-17H2,1H3/b11-8+/t20-,22+/m0/s1. The molecule has 4 heteroatoms. The van der Waals surface area contributed by atoms with E-state index in [1.165, 1.54) is 17.7 Å². The Hall–Kier alpha value is -2.46. The van der Waals surface area contributed by atoms with Crippen molar-refractivity contribution in [1.82, 2.24) is 0 Å². The highest BCUT2D eigenvalue weighted by Gasteiger charge is 2.21. The average molecular weight is 353 g/mol. The second-order valence-electron chi connectivity index (χ2n) is 6.58. The van der Waals surface area contributed by atoms with E-state index >= 15 is 0 Å². The number of hydrogen-bond donors (Lipinski definition) is 1. The first kappa shape index (κ1) is 19.9. The fourth-order valence-electron chi connectivity index (χ4n) is 3.14. The summed E-state index contributed by atoms with van der Waals surface area (Å²) in [6.07, 6.45) is 8.44. The maximum absolute atomic E-state index is 10.8. The number of aliphatic hydroxyl groups excluding tert-OH is 1. The second kappa shape index (κ2) is 10.5. The zero-order valence-corrected chi connectivity index (χ0v) is 15.3. The van der Waals surface area contributed by atoms with Gasteiger partial charge < -0.3 is 5.11 Å². The Labute approximate surface area is 155 Å². The SMILES string of the molecule is CCCC/C=C/[C@H](c1ccccc1)[C@H](CO)Cc1ccc([N+](=O)[O-])cc1. The Morgan fingerprint density at radius 3 is 2.38 bits per heavy atom. The van der Waals surface area contributed by atoms with Crippen molar-refractivity contribution in [3.05, 3.63) is 88.0 Å². The molecule has 1 N–H and O–H groups in total. The van der Waals surface area contributed by atoms with E-state index in [4.69, 9.17) is 0 Å². The lowest BCUT2D eigenvalue weighted by Crippen LogP contribution is -2.18. The number of benzene rings is 2. The quantitative estimate of drug-likeness (QED) is 0.274. The normalized spacial score (nSPS) is 13.6. The third-order valence-corrected chi connectivity index (χ3v) is 4.64. The van der Waals surface area contributed by atoms with Crippen molar-refractivity contribution >= 4 is 5.69 Å². The van der Waals surface area contributed by atoms with E-state index in [0.717, 1.165) is 24.8 Å². The molecular weight excluding hydrogens is 326 g/mol. The Balaban J connectivity index is 2.19. The highest BCUT2D eigenvalue weighted by molar-refractivity contribution is 5.34. The molecule has 2 rings (SSSR count). The van der Waals surface area contributed by atoms with Crippen LogP contribution in [0.15, 0.2) is 66.7 Å². The predicted molar refractivity (Wildman–Crippen MR) is 105 cm³/mol. The Bertz CT molecular complexity index is 695. The van der Waals surface area contributed by atoms with E-state index in [9.17, 15) is 15.2 Å². The number of nitro benzene ring substituents is 1. The molecule has 0 aliphatic rings. The summed E-state index contributed by atoms with van der Waals surface area (Å²) in [5.41, 5.74) is 2.27. The molecule has 0 amide bonds. The van der Waals surface area contributed by atoms with Gasteiger partial charge in [-0.2, -0.15) is 0 Å². The van der Waals surface area contributed by atoms with Crippen molar-refractivity contribution in [2.24, 2.45) is 5.92 Å². The molecule has 2 atom stereocenters. The molecule has 0 spiro atoms. The third kappa shape index (κ3) is 5.81. The van der Waals surface area contributed by atoms with Crippen molar-refractivity contribution in [2.75, 3.05) is 6.61 Å². The van der Waals surface area contributed by atoms with E-state index in [1.54, 1.807) is 12.1 Å². The van der Waals surface area contributed by atoms with Crippen LogP contribution in [0.1, 0.15) is 43.2 Å². The Morgan fingerprint density at radius 1 is 1.12 bits per heavy atom. The van der Waals surface area contributed by atoms with Gasteiger partial charge in [0, 0.05) is 24.7 Å². The van der Waals surface area contributed by atoms with Crippen LogP contribution in [0.5, 0.6) is 0 Å². The molecule has 0 bridgehead atoms. The van der Waals surface area contributed by atoms with Gasteiger partial charge in [0.1, 0.15) is 0 Å². The topological polar surface area (TPSA) is 63.4 Å². The van der Waals surface area contributed by atoms with Gasteiger partial charge in [-0.3, -0.25) is 10.1 Å². The van der Waals surface area contributed by atoms with Crippen molar-refractivity contribution in [2.45, 2.75) is 38.5 Å². The lowest BCUT2D eigenvalue weighted by molar-refractivity contribution is -0.384. The summed E-state index contributed by atoms with van der Waals surface area (Å²) in [6, 6.07) is 16.8. The van der Waals surface area contributed by atoms with Crippen LogP contribution in [-0.4, -0.2) is 16.6 Å². The van der Waals surface area contributed by atoms with Crippen LogP contribution in [0.4, 0.5) is 5.69 Å². The number of nitro groups is 1. The minimum Gasteiger partial charge on any atom is -0.396 e. The van der Waals surface area contributed by atoms with Crippen molar-refractivity contribution in [1.29, 1.82) is 0 Å². The van der Waals surface area contributed by atoms with Crippen LogP contribution in [0, 0.1) is 16.0 Å². The predicted octanol–water partition coefficient (Wildman–Crippen LogP) is 5.28. The first-order valence-corrected chi connectivity index (χ1v) is 9.21. The van der Waals surface area contributed by atoms with E-state index in [1.807, 2.05) is 18.2 Å². The van der Waals surface area contributed by atoms with Gasteiger partial charge in [-0.25, -0.2) is 0 Å². The number of hydrogen-bond acceptors (Lipinski definition) is 3. The second-order valence-corrected chi connectivity index (χ2v) is 6.58. The molecule has 0 unspecified atom stereocenters.